The summed E-state index contributed by atoms with van der Waals surface area (Å²) in [6.07, 6.45) is 0. The van der Waals surface area contributed by atoms with Crippen LogP contribution in [0.15, 0.2) is 39.8 Å². The van der Waals surface area contributed by atoms with Gasteiger partial charge in [0.1, 0.15) is 0 Å². The summed E-state index contributed by atoms with van der Waals surface area (Å²) in [6.45, 7) is 1.71. The second-order valence-electron chi connectivity index (χ2n) is 3.99. The number of furan rings is 1. The van der Waals surface area contributed by atoms with Crippen molar-refractivity contribution in [2.45, 2.75) is 12.0 Å². The molecule has 6 nitrogen and oxygen atoms in total. The predicted octanol–water partition coefficient (Wildman–Crippen LogP) is 2.74. The molecule has 1 heterocycles. The third-order valence-electron chi connectivity index (χ3n) is 2.50. The molecule has 20 heavy (non-hydrogen) atoms. The van der Waals surface area contributed by atoms with Crippen LogP contribution in [0.25, 0.3) is 0 Å². The van der Waals surface area contributed by atoms with Crippen LogP contribution in [0.2, 0.25) is 5.02 Å². The van der Waals surface area contributed by atoms with Gasteiger partial charge in [0.25, 0.3) is 10.0 Å². The molecule has 0 bridgehead atoms. The van der Waals surface area contributed by atoms with Crippen molar-refractivity contribution < 1.29 is 22.7 Å². The van der Waals surface area contributed by atoms with Crippen LogP contribution in [0, 0.1) is 6.92 Å². The van der Waals surface area contributed by atoms with Gasteiger partial charge in [-0.25, -0.2) is 4.79 Å². The zero-order valence-electron chi connectivity index (χ0n) is 10.3. The minimum atomic E-state index is -4.00. The number of benzene rings is 1. The van der Waals surface area contributed by atoms with Gasteiger partial charge in [0.05, 0.1) is 5.69 Å². The highest BCUT2D eigenvalue weighted by Gasteiger charge is 2.21. The molecule has 0 saturated carbocycles. The average Bonchev–Trinajstić information content (AvgIpc) is 2.84. The first-order valence-corrected chi connectivity index (χ1v) is 7.28. The second kappa shape index (κ2) is 5.18. The van der Waals surface area contributed by atoms with E-state index in [1.165, 1.54) is 6.07 Å². The number of rotatable bonds is 4. The number of nitrogens with one attached hydrogen (secondary N) is 1. The summed E-state index contributed by atoms with van der Waals surface area (Å²) in [4.78, 5) is 10.7. The molecular weight excluding hydrogens is 306 g/mol. The zero-order chi connectivity index (χ0) is 14.9. The number of carboxylic acids is 1. The van der Waals surface area contributed by atoms with Crippen molar-refractivity contribution in [1.29, 1.82) is 0 Å². The van der Waals surface area contributed by atoms with Gasteiger partial charge in [0, 0.05) is 5.02 Å². The number of hydrogen-bond acceptors (Lipinski definition) is 4. The van der Waals surface area contributed by atoms with Crippen molar-refractivity contribution in [2.24, 2.45) is 0 Å². The number of carboxylic acid groups (broad SMARTS) is 1. The zero-order valence-corrected chi connectivity index (χ0v) is 11.8. The highest BCUT2D eigenvalue weighted by molar-refractivity contribution is 7.92. The Balaban J connectivity index is 2.35. The molecule has 8 heteroatoms. The molecule has 0 aliphatic heterocycles. The fourth-order valence-electron chi connectivity index (χ4n) is 1.48. The van der Waals surface area contributed by atoms with Gasteiger partial charge in [-0.05, 0) is 36.8 Å². The molecule has 0 fully saturated rings. The third-order valence-corrected chi connectivity index (χ3v) is 3.97. The first-order valence-electron chi connectivity index (χ1n) is 5.42. The lowest BCUT2D eigenvalue weighted by molar-refractivity contribution is 0.0656. The molecule has 1 aromatic heterocycles. The molecule has 1 aromatic carbocycles. The highest BCUT2D eigenvalue weighted by atomic mass is 35.5. The molecule has 0 aliphatic carbocycles. The SMILES string of the molecule is Cc1ccc(Cl)cc1NS(=O)(=O)c1ccc(C(=O)O)o1. The summed E-state index contributed by atoms with van der Waals surface area (Å²) in [7, 11) is -4.00. The first kappa shape index (κ1) is 14.4. The standard InChI is InChI=1S/C12H10ClNO5S/c1-7-2-3-8(13)6-9(7)14-20(17,18)11-5-4-10(19-11)12(15)16/h2-6,14H,1H3,(H,15,16). The number of carbonyl (C=O) groups is 1. The normalized spacial score (nSPS) is 11.3. The first-order chi connectivity index (χ1) is 9.29. The maximum absolute atomic E-state index is 12.1. The van der Waals surface area contributed by atoms with Gasteiger partial charge in [-0.1, -0.05) is 17.7 Å². The summed E-state index contributed by atoms with van der Waals surface area (Å²) in [6, 6.07) is 6.89. The van der Waals surface area contributed by atoms with Crippen LogP contribution in [-0.4, -0.2) is 19.5 Å². The Morgan fingerprint density at radius 3 is 2.60 bits per heavy atom. The van der Waals surface area contributed by atoms with E-state index in [0.717, 1.165) is 12.1 Å². The van der Waals surface area contributed by atoms with Crippen molar-refractivity contribution in [2.75, 3.05) is 4.72 Å². The molecule has 0 spiro atoms. The minimum Gasteiger partial charge on any atom is -0.475 e. The van der Waals surface area contributed by atoms with Crippen molar-refractivity contribution in [3.8, 4) is 0 Å². The van der Waals surface area contributed by atoms with E-state index in [1.54, 1.807) is 19.1 Å². The predicted molar refractivity (Wildman–Crippen MR) is 72.7 cm³/mol. The summed E-state index contributed by atoms with van der Waals surface area (Å²) in [5.74, 6) is -1.79. The summed E-state index contributed by atoms with van der Waals surface area (Å²) >= 11 is 5.80. The molecular formula is C12H10ClNO5S. The lowest BCUT2D eigenvalue weighted by atomic mass is 10.2. The van der Waals surface area contributed by atoms with E-state index in [9.17, 15) is 13.2 Å². The van der Waals surface area contributed by atoms with Crippen LogP contribution in [0.1, 0.15) is 16.1 Å². The Morgan fingerprint density at radius 1 is 1.30 bits per heavy atom. The van der Waals surface area contributed by atoms with E-state index < -0.39 is 26.8 Å². The molecule has 0 saturated heterocycles. The van der Waals surface area contributed by atoms with Crippen molar-refractivity contribution >= 4 is 33.3 Å². The van der Waals surface area contributed by atoms with Crippen LogP contribution in [0.3, 0.4) is 0 Å². The topological polar surface area (TPSA) is 96.6 Å². The van der Waals surface area contributed by atoms with Gasteiger partial charge in [0.2, 0.25) is 10.9 Å². The smallest absolute Gasteiger partial charge is 0.371 e. The summed E-state index contributed by atoms with van der Waals surface area (Å²) in [5.41, 5.74) is 0.966. The summed E-state index contributed by atoms with van der Waals surface area (Å²) < 4.78 is 31.2. The third kappa shape index (κ3) is 2.94. The number of hydrogen-bond donors (Lipinski definition) is 2. The number of anilines is 1. The Hall–Kier alpha value is -1.99. The van der Waals surface area contributed by atoms with Gasteiger partial charge < -0.3 is 9.52 Å². The molecule has 2 aromatic rings. The van der Waals surface area contributed by atoms with Crippen LogP contribution < -0.4 is 4.72 Å². The minimum absolute atomic E-state index is 0.297. The van der Waals surface area contributed by atoms with E-state index >= 15 is 0 Å². The van der Waals surface area contributed by atoms with Crippen molar-refractivity contribution in [3.63, 3.8) is 0 Å². The van der Waals surface area contributed by atoms with Gasteiger partial charge in [-0.15, -0.1) is 0 Å². The molecule has 0 aliphatic rings. The van der Waals surface area contributed by atoms with Crippen molar-refractivity contribution in [3.05, 3.63) is 46.7 Å². The van der Waals surface area contributed by atoms with Gasteiger partial charge in [-0.3, -0.25) is 4.72 Å². The van der Waals surface area contributed by atoms with Gasteiger partial charge in [0.15, 0.2) is 0 Å². The van der Waals surface area contributed by atoms with Crippen LogP contribution >= 0.6 is 11.6 Å². The highest BCUT2D eigenvalue weighted by Crippen LogP contribution is 2.24. The molecule has 0 radical (unpaired) electrons. The lowest BCUT2D eigenvalue weighted by Gasteiger charge is -2.09. The Kier molecular flexibility index (Phi) is 3.74. The van der Waals surface area contributed by atoms with E-state index in [0.29, 0.717) is 16.3 Å². The monoisotopic (exact) mass is 315 g/mol. The molecule has 2 N–H and O–H groups in total. The van der Waals surface area contributed by atoms with Gasteiger partial charge in [-0.2, -0.15) is 8.42 Å². The van der Waals surface area contributed by atoms with Crippen LogP contribution in [0.5, 0.6) is 0 Å². The van der Waals surface area contributed by atoms with E-state index in [2.05, 4.69) is 4.72 Å². The lowest BCUT2D eigenvalue weighted by Crippen LogP contribution is -2.13. The van der Waals surface area contributed by atoms with E-state index in [-0.39, 0.29) is 0 Å². The molecule has 0 atom stereocenters. The molecule has 2 rings (SSSR count). The molecule has 0 amide bonds. The van der Waals surface area contributed by atoms with Crippen LogP contribution in [-0.2, 0) is 10.0 Å². The fraction of sp³-hybridized carbons (Fsp3) is 0.0833. The number of halogens is 1. The quantitative estimate of drug-likeness (QED) is 0.904. The number of aryl methyl sites for hydroxylation is 1. The van der Waals surface area contributed by atoms with Crippen LogP contribution in [0.4, 0.5) is 5.69 Å². The molecule has 0 unspecified atom stereocenters. The number of aromatic carboxylic acids is 1. The maximum Gasteiger partial charge on any atom is 0.371 e. The fourth-order valence-corrected chi connectivity index (χ4v) is 2.71. The van der Waals surface area contributed by atoms with Gasteiger partial charge >= 0.3 is 5.97 Å². The average molecular weight is 316 g/mol. The Labute approximate surface area is 120 Å². The van der Waals surface area contributed by atoms with E-state index in [4.69, 9.17) is 21.1 Å². The van der Waals surface area contributed by atoms with Crippen molar-refractivity contribution in [1.82, 2.24) is 0 Å². The summed E-state index contributed by atoms with van der Waals surface area (Å²) in [5, 5.41) is 8.60. The maximum atomic E-state index is 12.1. The Morgan fingerprint density at radius 2 is 2.00 bits per heavy atom. The second-order valence-corrected chi connectivity index (χ2v) is 6.04. The largest absolute Gasteiger partial charge is 0.475 e. The van der Waals surface area contributed by atoms with E-state index in [1.807, 2.05) is 0 Å². The Bertz CT molecular complexity index is 766. The number of sulfonamides is 1. The molecule has 106 valence electrons.